The van der Waals surface area contributed by atoms with Crippen molar-refractivity contribution in [3.8, 4) is 0 Å². The van der Waals surface area contributed by atoms with E-state index in [0.29, 0.717) is 6.04 Å². The zero-order chi connectivity index (χ0) is 12.3. The van der Waals surface area contributed by atoms with Gasteiger partial charge in [-0.2, -0.15) is 0 Å². The van der Waals surface area contributed by atoms with Crippen LogP contribution in [0.1, 0.15) is 52.9 Å². The highest BCUT2D eigenvalue weighted by atomic mass is 15.2. The minimum Gasteiger partial charge on any atom is -0.310 e. The van der Waals surface area contributed by atoms with Gasteiger partial charge in [-0.05, 0) is 57.5 Å². The highest BCUT2D eigenvalue weighted by Gasteiger charge is 2.26. The van der Waals surface area contributed by atoms with Gasteiger partial charge in [-0.3, -0.25) is 0 Å². The van der Waals surface area contributed by atoms with Crippen molar-refractivity contribution in [3.63, 3.8) is 0 Å². The zero-order valence-electron chi connectivity index (χ0n) is 11.9. The van der Waals surface area contributed by atoms with E-state index in [1.165, 1.54) is 51.7 Å². The molecule has 100 valence electrons. The molecule has 1 saturated heterocycles. The van der Waals surface area contributed by atoms with Crippen molar-refractivity contribution < 1.29 is 0 Å². The molecule has 0 amide bonds. The predicted molar refractivity (Wildman–Crippen MR) is 74.2 cm³/mol. The Bertz CT molecular complexity index is 223. The second-order valence-electron chi connectivity index (χ2n) is 6.58. The van der Waals surface area contributed by atoms with Crippen LogP contribution in [0.4, 0.5) is 0 Å². The van der Waals surface area contributed by atoms with Crippen LogP contribution in [0.25, 0.3) is 0 Å². The first-order valence-corrected chi connectivity index (χ1v) is 7.63. The van der Waals surface area contributed by atoms with Crippen molar-refractivity contribution in [1.29, 1.82) is 0 Å². The Morgan fingerprint density at radius 2 is 1.88 bits per heavy atom. The first-order chi connectivity index (χ1) is 8.15. The van der Waals surface area contributed by atoms with Crippen molar-refractivity contribution >= 4 is 0 Å². The van der Waals surface area contributed by atoms with E-state index in [2.05, 4.69) is 31.0 Å². The molecule has 0 bridgehead atoms. The molecule has 0 spiro atoms. The normalized spacial score (nSPS) is 37.2. The lowest BCUT2D eigenvalue weighted by atomic mass is 9.80. The molecular weight excluding hydrogens is 208 g/mol. The Labute approximate surface area is 107 Å². The highest BCUT2D eigenvalue weighted by Crippen LogP contribution is 2.28. The molecule has 2 heteroatoms. The fourth-order valence-corrected chi connectivity index (χ4v) is 3.54. The molecule has 1 heterocycles. The van der Waals surface area contributed by atoms with Crippen LogP contribution >= 0.6 is 0 Å². The van der Waals surface area contributed by atoms with E-state index in [9.17, 15) is 0 Å². The summed E-state index contributed by atoms with van der Waals surface area (Å²) in [4.78, 5) is 2.62. The minimum absolute atomic E-state index is 0.658. The van der Waals surface area contributed by atoms with Gasteiger partial charge in [0, 0.05) is 18.6 Å². The summed E-state index contributed by atoms with van der Waals surface area (Å²) >= 11 is 0. The molecule has 4 atom stereocenters. The summed E-state index contributed by atoms with van der Waals surface area (Å²) in [6.45, 7) is 11.1. The fraction of sp³-hybridized carbons (Fsp3) is 1.00. The number of likely N-dealkylation sites (tertiary alicyclic amines) is 1. The fourth-order valence-electron chi connectivity index (χ4n) is 3.54. The molecule has 0 aromatic heterocycles. The van der Waals surface area contributed by atoms with E-state index in [4.69, 9.17) is 0 Å². The predicted octanol–water partition coefficient (Wildman–Crippen LogP) is 2.89. The number of rotatable bonds is 4. The van der Waals surface area contributed by atoms with Crippen LogP contribution in [0, 0.1) is 11.8 Å². The van der Waals surface area contributed by atoms with Gasteiger partial charge >= 0.3 is 0 Å². The molecule has 4 unspecified atom stereocenters. The Hall–Kier alpha value is -0.0800. The van der Waals surface area contributed by atoms with Crippen LogP contribution in [0.5, 0.6) is 0 Å². The minimum atomic E-state index is 0.658. The SMILES string of the molecule is CC1CCC(C)C(NC(C)CN2CCCC2)C1. The van der Waals surface area contributed by atoms with Gasteiger partial charge in [0.2, 0.25) is 0 Å². The molecule has 1 aliphatic heterocycles. The van der Waals surface area contributed by atoms with E-state index < -0.39 is 0 Å². The average Bonchev–Trinajstić information content (AvgIpc) is 2.76. The van der Waals surface area contributed by atoms with E-state index >= 15 is 0 Å². The summed E-state index contributed by atoms with van der Waals surface area (Å²) < 4.78 is 0. The second kappa shape index (κ2) is 6.19. The van der Waals surface area contributed by atoms with Gasteiger partial charge in [-0.25, -0.2) is 0 Å². The molecule has 17 heavy (non-hydrogen) atoms. The van der Waals surface area contributed by atoms with Gasteiger partial charge in [0.1, 0.15) is 0 Å². The lowest BCUT2D eigenvalue weighted by molar-refractivity contribution is 0.198. The molecule has 1 N–H and O–H groups in total. The maximum atomic E-state index is 3.88. The first kappa shape index (κ1) is 13.4. The molecule has 2 nitrogen and oxygen atoms in total. The molecule has 2 fully saturated rings. The van der Waals surface area contributed by atoms with Crippen molar-refractivity contribution in [2.75, 3.05) is 19.6 Å². The van der Waals surface area contributed by atoms with Crippen LogP contribution < -0.4 is 5.32 Å². The number of nitrogens with one attached hydrogen (secondary N) is 1. The summed E-state index contributed by atoms with van der Waals surface area (Å²) in [6, 6.07) is 1.42. The second-order valence-corrected chi connectivity index (χ2v) is 6.58. The summed E-state index contributed by atoms with van der Waals surface area (Å²) in [5.41, 5.74) is 0. The Morgan fingerprint density at radius 3 is 2.59 bits per heavy atom. The Kier molecular flexibility index (Phi) is 4.87. The maximum Gasteiger partial charge on any atom is 0.0169 e. The topological polar surface area (TPSA) is 15.3 Å². The van der Waals surface area contributed by atoms with Crippen molar-refractivity contribution in [1.82, 2.24) is 10.2 Å². The molecule has 0 aromatic carbocycles. The quantitative estimate of drug-likeness (QED) is 0.810. The van der Waals surface area contributed by atoms with Crippen molar-refractivity contribution in [3.05, 3.63) is 0 Å². The number of hydrogen-bond donors (Lipinski definition) is 1. The van der Waals surface area contributed by atoms with E-state index in [1.807, 2.05) is 0 Å². The highest BCUT2D eigenvalue weighted by molar-refractivity contribution is 4.84. The molecule has 0 radical (unpaired) electrons. The van der Waals surface area contributed by atoms with Gasteiger partial charge in [-0.15, -0.1) is 0 Å². The van der Waals surface area contributed by atoms with Crippen LogP contribution in [0.15, 0.2) is 0 Å². The van der Waals surface area contributed by atoms with Crippen LogP contribution in [0.2, 0.25) is 0 Å². The lowest BCUT2D eigenvalue weighted by Gasteiger charge is -2.36. The van der Waals surface area contributed by atoms with Crippen molar-refractivity contribution in [2.24, 2.45) is 11.8 Å². The van der Waals surface area contributed by atoms with Gasteiger partial charge < -0.3 is 10.2 Å². The molecule has 2 rings (SSSR count). The van der Waals surface area contributed by atoms with Crippen LogP contribution in [0.3, 0.4) is 0 Å². The van der Waals surface area contributed by atoms with E-state index in [1.54, 1.807) is 0 Å². The van der Waals surface area contributed by atoms with Gasteiger partial charge in [0.15, 0.2) is 0 Å². The van der Waals surface area contributed by atoms with Gasteiger partial charge in [0.05, 0.1) is 0 Å². The monoisotopic (exact) mass is 238 g/mol. The first-order valence-electron chi connectivity index (χ1n) is 7.63. The van der Waals surface area contributed by atoms with Crippen LogP contribution in [-0.2, 0) is 0 Å². The van der Waals surface area contributed by atoms with Crippen LogP contribution in [-0.4, -0.2) is 36.6 Å². The summed E-state index contributed by atoms with van der Waals surface area (Å²) in [6.07, 6.45) is 7.04. The zero-order valence-corrected chi connectivity index (χ0v) is 11.9. The third-order valence-electron chi connectivity index (χ3n) is 4.69. The number of nitrogens with zero attached hydrogens (tertiary/aromatic N) is 1. The average molecular weight is 238 g/mol. The smallest absolute Gasteiger partial charge is 0.0169 e. The maximum absolute atomic E-state index is 3.88. The van der Waals surface area contributed by atoms with E-state index in [-0.39, 0.29) is 0 Å². The Balaban J connectivity index is 1.74. The van der Waals surface area contributed by atoms with E-state index in [0.717, 1.165) is 17.9 Å². The summed E-state index contributed by atoms with van der Waals surface area (Å²) in [5, 5.41) is 3.88. The van der Waals surface area contributed by atoms with Gasteiger partial charge in [-0.1, -0.05) is 20.3 Å². The molecule has 2 aliphatic rings. The molecule has 0 aromatic rings. The largest absolute Gasteiger partial charge is 0.310 e. The summed E-state index contributed by atoms with van der Waals surface area (Å²) in [5.74, 6) is 1.79. The number of hydrogen-bond acceptors (Lipinski definition) is 2. The third kappa shape index (κ3) is 3.96. The standard InChI is InChI=1S/C15H30N2/c1-12-6-7-13(2)15(10-12)16-14(3)11-17-8-4-5-9-17/h12-16H,4-11H2,1-3H3. The molecule has 1 saturated carbocycles. The summed E-state index contributed by atoms with van der Waals surface area (Å²) in [7, 11) is 0. The Morgan fingerprint density at radius 1 is 1.18 bits per heavy atom. The van der Waals surface area contributed by atoms with Crippen molar-refractivity contribution in [2.45, 2.75) is 65.0 Å². The molecular formula is C15H30N2. The van der Waals surface area contributed by atoms with Gasteiger partial charge in [0.25, 0.3) is 0 Å². The molecule has 1 aliphatic carbocycles. The third-order valence-corrected chi connectivity index (χ3v) is 4.69. The lowest BCUT2D eigenvalue weighted by Crippen LogP contribution is -2.47.